The molecule has 2 heterocycles. The number of carbonyl (C=O) groups is 1. The summed E-state index contributed by atoms with van der Waals surface area (Å²) in [6, 6.07) is 0. The van der Waals surface area contributed by atoms with Crippen LogP contribution in [-0.4, -0.2) is 32.1 Å². The van der Waals surface area contributed by atoms with E-state index in [1.807, 2.05) is 0 Å². The first-order valence-electron chi connectivity index (χ1n) is 6.65. The summed E-state index contributed by atoms with van der Waals surface area (Å²) in [7, 11) is 0. The summed E-state index contributed by atoms with van der Waals surface area (Å²) < 4.78 is 5.31. The quantitative estimate of drug-likeness (QED) is 0.792. The van der Waals surface area contributed by atoms with Crippen LogP contribution in [0.1, 0.15) is 38.5 Å². The lowest BCUT2D eigenvalue weighted by molar-refractivity contribution is -0.121. The van der Waals surface area contributed by atoms with Gasteiger partial charge in [0.1, 0.15) is 5.78 Å². The molecule has 2 fully saturated rings. The van der Waals surface area contributed by atoms with Crippen molar-refractivity contribution in [2.75, 3.05) is 26.3 Å². The van der Waals surface area contributed by atoms with Crippen LogP contribution in [0.4, 0.5) is 0 Å². The maximum atomic E-state index is 11.9. The molecule has 0 aliphatic carbocycles. The van der Waals surface area contributed by atoms with Crippen LogP contribution in [0.5, 0.6) is 0 Å². The first-order chi connectivity index (χ1) is 7.84. The summed E-state index contributed by atoms with van der Waals surface area (Å²) in [6.07, 6.45) is 6.20. The normalized spacial score (nSPS) is 27.9. The zero-order valence-electron chi connectivity index (χ0n) is 10.0. The van der Waals surface area contributed by atoms with Crippen LogP contribution in [0.15, 0.2) is 0 Å². The van der Waals surface area contributed by atoms with E-state index in [1.54, 1.807) is 0 Å². The van der Waals surface area contributed by atoms with Gasteiger partial charge in [-0.25, -0.2) is 0 Å². The predicted molar refractivity (Wildman–Crippen MR) is 63.4 cm³/mol. The molecule has 0 radical (unpaired) electrons. The minimum atomic E-state index is 0.473. The van der Waals surface area contributed by atoms with Crippen LogP contribution in [0.25, 0.3) is 0 Å². The van der Waals surface area contributed by atoms with Crippen LogP contribution < -0.4 is 5.32 Å². The molecule has 0 spiro atoms. The number of hydrogen-bond acceptors (Lipinski definition) is 3. The molecule has 3 heteroatoms. The SMILES string of the molecule is O=C(CC1CCOCC1)CC1CCCNC1. The molecular formula is C13H23NO2. The first kappa shape index (κ1) is 12.1. The average Bonchev–Trinajstić information content (AvgIpc) is 2.31. The van der Waals surface area contributed by atoms with E-state index < -0.39 is 0 Å². The maximum absolute atomic E-state index is 11.9. The average molecular weight is 225 g/mol. The second-order valence-corrected chi connectivity index (χ2v) is 5.22. The second kappa shape index (κ2) is 6.36. The van der Waals surface area contributed by atoms with Crippen LogP contribution >= 0.6 is 0 Å². The molecule has 2 saturated heterocycles. The van der Waals surface area contributed by atoms with Crippen molar-refractivity contribution in [3.05, 3.63) is 0 Å². The summed E-state index contributed by atoms with van der Waals surface area (Å²) >= 11 is 0. The van der Waals surface area contributed by atoms with Gasteiger partial charge in [0.2, 0.25) is 0 Å². The number of Topliss-reactive ketones (excluding diaryl/α,β-unsaturated/α-hetero) is 1. The number of hydrogen-bond donors (Lipinski definition) is 1. The summed E-state index contributed by atoms with van der Waals surface area (Å²) in [5.74, 6) is 1.67. The number of ether oxygens (including phenoxy) is 1. The number of rotatable bonds is 4. The molecule has 2 aliphatic heterocycles. The zero-order valence-corrected chi connectivity index (χ0v) is 10.0. The highest BCUT2D eigenvalue weighted by atomic mass is 16.5. The third-order valence-electron chi connectivity index (χ3n) is 3.77. The molecule has 1 atom stereocenters. The zero-order chi connectivity index (χ0) is 11.2. The van der Waals surface area contributed by atoms with Gasteiger partial charge in [0.25, 0.3) is 0 Å². The van der Waals surface area contributed by atoms with Crippen molar-refractivity contribution in [3.8, 4) is 0 Å². The summed E-state index contributed by atoms with van der Waals surface area (Å²) in [4.78, 5) is 11.9. The lowest BCUT2D eigenvalue weighted by Crippen LogP contribution is -2.31. The number of ketones is 1. The van der Waals surface area contributed by atoms with E-state index in [1.165, 1.54) is 12.8 Å². The molecule has 0 aromatic carbocycles. The lowest BCUT2D eigenvalue weighted by atomic mass is 9.88. The van der Waals surface area contributed by atoms with E-state index in [-0.39, 0.29) is 0 Å². The van der Waals surface area contributed by atoms with Gasteiger partial charge < -0.3 is 10.1 Å². The largest absolute Gasteiger partial charge is 0.381 e. The Morgan fingerprint density at radius 3 is 2.56 bits per heavy atom. The number of nitrogens with one attached hydrogen (secondary N) is 1. The third-order valence-corrected chi connectivity index (χ3v) is 3.77. The van der Waals surface area contributed by atoms with Crippen LogP contribution in [0, 0.1) is 11.8 Å². The highest BCUT2D eigenvalue weighted by Crippen LogP contribution is 2.22. The van der Waals surface area contributed by atoms with Gasteiger partial charge in [-0.2, -0.15) is 0 Å². The summed E-state index contributed by atoms with van der Waals surface area (Å²) in [5.41, 5.74) is 0. The maximum Gasteiger partial charge on any atom is 0.133 e. The molecule has 0 aromatic heterocycles. The van der Waals surface area contributed by atoms with Gasteiger partial charge in [-0.15, -0.1) is 0 Å². The predicted octanol–water partition coefficient (Wildman–Crippen LogP) is 1.76. The fourth-order valence-corrected chi connectivity index (χ4v) is 2.78. The molecule has 3 nitrogen and oxygen atoms in total. The van der Waals surface area contributed by atoms with Crippen LogP contribution in [-0.2, 0) is 9.53 Å². The Balaban J connectivity index is 1.66. The second-order valence-electron chi connectivity index (χ2n) is 5.22. The van der Waals surface area contributed by atoms with Crippen molar-refractivity contribution in [2.45, 2.75) is 38.5 Å². The monoisotopic (exact) mass is 225 g/mol. The molecule has 16 heavy (non-hydrogen) atoms. The Kier molecular flexibility index (Phi) is 4.79. The Morgan fingerprint density at radius 2 is 1.88 bits per heavy atom. The number of piperidine rings is 1. The molecule has 92 valence electrons. The van der Waals surface area contributed by atoms with Crippen LogP contribution in [0.3, 0.4) is 0 Å². The van der Waals surface area contributed by atoms with Gasteiger partial charge >= 0.3 is 0 Å². The molecule has 2 rings (SSSR count). The molecule has 1 N–H and O–H groups in total. The molecular weight excluding hydrogens is 202 g/mol. The Hall–Kier alpha value is -0.410. The molecule has 0 bridgehead atoms. The van der Waals surface area contributed by atoms with Crippen LogP contribution in [0.2, 0.25) is 0 Å². The highest BCUT2D eigenvalue weighted by molar-refractivity contribution is 5.78. The minimum Gasteiger partial charge on any atom is -0.381 e. The standard InChI is InChI=1S/C13H23NO2/c15-13(8-11-3-6-16-7-4-11)9-12-2-1-5-14-10-12/h11-12,14H,1-10H2. The smallest absolute Gasteiger partial charge is 0.133 e. The molecule has 2 aliphatic rings. The van der Waals surface area contributed by atoms with Crippen molar-refractivity contribution in [3.63, 3.8) is 0 Å². The van der Waals surface area contributed by atoms with Crippen molar-refractivity contribution in [2.24, 2.45) is 11.8 Å². The molecule has 0 aromatic rings. The van der Waals surface area contributed by atoms with Crippen molar-refractivity contribution < 1.29 is 9.53 Å². The van der Waals surface area contributed by atoms with Crippen molar-refractivity contribution in [1.82, 2.24) is 5.32 Å². The Bertz CT molecular complexity index is 196. The fraction of sp³-hybridized carbons (Fsp3) is 0.923. The molecule has 0 amide bonds. The third kappa shape index (κ3) is 3.87. The molecule has 1 unspecified atom stereocenters. The highest BCUT2D eigenvalue weighted by Gasteiger charge is 2.21. The van der Waals surface area contributed by atoms with E-state index in [9.17, 15) is 4.79 Å². The van der Waals surface area contributed by atoms with E-state index in [2.05, 4.69) is 5.32 Å². The van der Waals surface area contributed by atoms with E-state index in [0.717, 1.165) is 52.0 Å². The number of carbonyl (C=O) groups excluding carboxylic acids is 1. The first-order valence-corrected chi connectivity index (χ1v) is 6.65. The van der Waals surface area contributed by atoms with Gasteiger partial charge in [-0.1, -0.05) is 0 Å². The van der Waals surface area contributed by atoms with Crippen molar-refractivity contribution >= 4 is 5.78 Å². The van der Waals surface area contributed by atoms with Gasteiger partial charge in [0.05, 0.1) is 0 Å². The van der Waals surface area contributed by atoms with Gasteiger partial charge in [0, 0.05) is 26.1 Å². The van der Waals surface area contributed by atoms with Gasteiger partial charge in [-0.3, -0.25) is 4.79 Å². The van der Waals surface area contributed by atoms with E-state index in [0.29, 0.717) is 17.6 Å². The Morgan fingerprint density at radius 1 is 1.12 bits per heavy atom. The van der Waals surface area contributed by atoms with E-state index >= 15 is 0 Å². The topological polar surface area (TPSA) is 38.3 Å². The fourth-order valence-electron chi connectivity index (χ4n) is 2.78. The minimum absolute atomic E-state index is 0.473. The summed E-state index contributed by atoms with van der Waals surface area (Å²) in [6.45, 7) is 3.87. The lowest BCUT2D eigenvalue weighted by Gasteiger charge is -2.24. The van der Waals surface area contributed by atoms with Crippen molar-refractivity contribution in [1.29, 1.82) is 0 Å². The van der Waals surface area contributed by atoms with Gasteiger partial charge in [0.15, 0.2) is 0 Å². The Labute approximate surface area is 97.9 Å². The van der Waals surface area contributed by atoms with Gasteiger partial charge in [-0.05, 0) is 50.6 Å². The molecule has 0 saturated carbocycles. The van der Waals surface area contributed by atoms with E-state index in [4.69, 9.17) is 4.74 Å². The summed E-state index contributed by atoms with van der Waals surface area (Å²) in [5, 5.41) is 3.37.